The number of carbonyl (C=O) groups excluding carboxylic acids is 1. The number of sulfone groups is 1. The number of pyridine rings is 1. The molecule has 1 saturated heterocycles. The molecule has 3 atom stereocenters. The minimum atomic E-state index is -3.31. The van der Waals surface area contributed by atoms with Crippen LogP contribution < -0.4 is 10.6 Å². The third-order valence-electron chi connectivity index (χ3n) is 4.41. The third kappa shape index (κ3) is 2.94. The number of fused-ring (bicyclic) bond motifs is 1. The lowest BCUT2D eigenvalue weighted by atomic mass is 9.93. The summed E-state index contributed by atoms with van der Waals surface area (Å²) in [5, 5.41) is 6.11. The predicted octanol–water partition coefficient (Wildman–Crippen LogP) is 0.812. The molecule has 0 bridgehead atoms. The van der Waals surface area contributed by atoms with Gasteiger partial charge in [0, 0.05) is 6.26 Å². The highest BCUT2D eigenvalue weighted by molar-refractivity contribution is 7.90. The van der Waals surface area contributed by atoms with Crippen LogP contribution in [0.4, 0.5) is 5.69 Å². The molecule has 1 aliphatic heterocycles. The fourth-order valence-electron chi connectivity index (χ4n) is 3.37. The molecular weight excluding hydrogens is 290 g/mol. The Morgan fingerprint density at radius 1 is 1.38 bits per heavy atom. The van der Waals surface area contributed by atoms with Crippen LogP contribution in [0.5, 0.6) is 0 Å². The number of aromatic nitrogens is 1. The predicted molar refractivity (Wildman–Crippen MR) is 78.6 cm³/mol. The van der Waals surface area contributed by atoms with Gasteiger partial charge < -0.3 is 10.6 Å². The standard InChI is InChI=1S/C14H19N3O3S/c1-21(19,20)12-6-5-10(8-15-12)17-14(18)13-11-4-2-3-9(11)7-16-13/h5-6,8-9,11,13,16H,2-4,7H2,1H3,(H,17,18). The summed E-state index contributed by atoms with van der Waals surface area (Å²) in [7, 11) is -3.31. The number of amides is 1. The second-order valence-corrected chi connectivity index (χ2v) is 7.85. The molecule has 7 heteroatoms. The average molecular weight is 309 g/mol. The maximum Gasteiger partial charge on any atom is 0.241 e. The van der Waals surface area contributed by atoms with Crippen LogP contribution in [0.1, 0.15) is 19.3 Å². The first kappa shape index (κ1) is 14.5. The molecule has 1 saturated carbocycles. The summed E-state index contributed by atoms with van der Waals surface area (Å²) >= 11 is 0. The molecule has 0 spiro atoms. The molecule has 1 aromatic heterocycles. The molecule has 2 heterocycles. The Balaban J connectivity index is 1.68. The number of carbonyl (C=O) groups is 1. The molecule has 0 radical (unpaired) electrons. The van der Waals surface area contributed by atoms with E-state index in [4.69, 9.17) is 0 Å². The molecule has 3 unspecified atom stereocenters. The van der Waals surface area contributed by atoms with Crippen LogP contribution >= 0.6 is 0 Å². The second-order valence-electron chi connectivity index (χ2n) is 5.89. The zero-order valence-electron chi connectivity index (χ0n) is 11.9. The highest BCUT2D eigenvalue weighted by atomic mass is 32.2. The fourth-order valence-corrected chi connectivity index (χ4v) is 3.93. The molecule has 21 heavy (non-hydrogen) atoms. The van der Waals surface area contributed by atoms with Crippen molar-refractivity contribution in [1.82, 2.24) is 10.3 Å². The molecule has 2 fully saturated rings. The van der Waals surface area contributed by atoms with E-state index in [1.807, 2.05) is 0 Å². The molecule has 2 N–H and O–H groups in total. The van der Waals surface area contributed by atoms with E-state index < -0.39 is 9.84 Å². The van der Waals surface area contributed by atoms with Crippen molar-refractivity contribution < 1.29 is 13.2 Å². The molecule has 0 aromatic carbocycles. The van der Waals surface area contributed by atoms with Crippen molar-refractivity contribution >= 4 is 21.4 Å². The number of hydrogen-bond acceptors (Lipinski definition) is 5. The summed E-state index contributed by atoms with van der Waals surface area (Å²) in [4.78, 5) is 16.2. The van der Waals surface area contributed by atoms with E-state index in [0.29, 0.717) is 17.5 Å². The maximum atomic E-state index is 12.3. The Kier molecular flexibility index (Phi) is 3.71. The highest BCUT2D eigenvalue weighted by Crippen LogP contribution is 2.37. The summed E-state index contributed by atoms with van der Waals surface area (Å²) < 4.78 is 22.7. The topological polar surface area (TPSA) is 88.2 Å². The van der Waals surface area contributed by atoms with Gasteiger partial charge in [0.25, 0.3) is 0 Å². The first-order valence-corrected chi connectivity index (χ1v) is 9.04. The van der Waals surface area contributed by atoms with Gasteiger partial charge in [0.15, 0.2) is 14.9 Å². The average Bonchev–Trinajstić information content (AvgIpc) is 3.00. The molecule has 2 aliphatic rings. The van der Waals surface area contributed by atoms with E-state index in [1.54, 1.807) is 6.07 Å². The zero-order chi connectivity index (χ0) is 15.0. The van der Waals surface area contributed by atoms with Crippen molar-refractivity contribution in [3.05, 3.63) is 18.3 Å². The Bertz CT molecular complexity index is 642. The van der Waals surface area contributed by atoms with Gasteiger partial charge in [0.2, 0.25) is 5.91 Å². The largest absolute Gasteiger partial charge is 0.323 e. The van der Waals surface area contributed by atoms with E-state index in [2.05, 4.69) is 15.6 Å². The molecular formula is C14H19N3O3S. The Hall–Kier alpha value is -1.47. The van der Waals surface area contributed by atoms with Crippen LogP contribution in [0.15, 0.2) is 23.4 Å². The summed E-state index contributed by atoms with van der Waals surface area (Å²) in [6.07, 6.45) is 5.99. The Morgan fingerprint density at radius 2 is 2.19 bits per heavy atom. The SMILES string of the molecule is CS(=O)(=O)c1ccc(NC(=O)C2NCC3CCCC32)cn1. The van der Waals surface area contributed by atoms with Gasteiger partial charge in [0.05, 0.1) is 17.9 Å². The summed E-state index contributed by atoms with van der Waals surface area (Å²) in [5.41, 5.74) is 0.524. The van der Waals surface area contributed by atoms with Crippen LogP contribution in [0.2, 0.25) is 0 Å². The molecule has 1 amide bonds. The van der Waals surface area contributed by atoms with E-state index in [9.17, 15) is 13.2 Å². The summed E-state index contributed by atoms with van der Waals surface area (Å²) in [5.74, 6) is 0.984. The molecule has 6 nitrogen and oxygen atoms in total. The third-order valence-corrected chi connectivity index (χ3v) is 5.41. The lowest BCUT2D eigenvalue weighted by Gasteiger charge is -2.17. The minimum absolute atomic E-state index is 0.00958. The van der Waals surface area contributed by atoms with Gasteiger partial charge in [-0.05, 0) is 43.4 Å². The van der Waals surface area contributed by atoms with Gasteiger partial charge in [-0.15, -0.1) is 0 Å². The van der Waals surface area contributed by atoms with Crippen molar-refractivity contribution in [3.63, 3.8) is 0 Å². The van der Waals surface area contributed by atoms with Gasteiger partial charge in [-0.3, -0.25) is 4.79 Å². The molecule has 3 rings (SSSR count). The van der Waals surface area contributed by atoms with Crippen LogP contribution in [0.3, 0.4) is 0 Å². The van der Waals surface area contributed by atoms with E-state index in [1.165, 1.54) is 25.1 Å². The maximum absolute atomic E-state index is 12.3. The van der Waals surface area contributed by atoms with E-state index >= 15 is 0 Å². The van der Waals surface area contributed by atoms with Crippen LogP contribution in [0, 0.1) is 11.8 Å². The van der Waals surface area contributed by atoms with Gasteiger partial charge in [0.1, 0.15) is 0 Å². The van der Waals surface area contributed by atoms with Crippen LogP contribution in [-0.4, -0.2) is 38.2 Å². The highest BCUT2D eigenvalue weighted by Gasteiger charge is 2.42. The van der Waals surface area contributed by atoms with E-state index in [-0.39, 0.29) is 17.0 Å². The fraction of sp³-hybridized carbons (Fsp3) is 0.571. The van der Waals surface area contributed by atoms with Crippen molar-refractivity contribution in [2.24, 2.45) is 11.8 Å². The molecule has 114 valence electrons. The lowest BCUT2D eigenvalue weighted by Crippen LogP contribution is -2.39. The van der Waals surface area contributed by atoms with Gasteiger partial charge in [-0.2, -0.15) is 0 Å². The number of hydrogen-bond donors (Lipinski definition) is 2. The second kappa shape index (κ2) is 5.38. The Labute approximate surface area is 124 Å². The number of nitrogens with one attached hydrogen (secondary N) is 2. The van der Waals surface area contributed by atoms with Crippen molar-refractivity contribution in [2.45, 2.75) is 30.3 Å². The first-order chi connectivity index (χ1) is 9.95. The normalized spacial score (nSPS) is 28.3. The zero-order valence-corrected chi connectivity index (χ0v) is 12.7. The van der Waals surface area contributed by atoms with Crippen LogP contribution in [0.25, 0.3) is 0 Å². The van der Waals surface area contributed by atoms with Crippen molar-refractivity contribution in [1.29, 1.82) is 0 Å². The monoisotopic (exact) mass is 309 g/mol. The molecule has 1 aliphatic carbocycles. The summed E-state index contributed by atoms with van der Waals surface area (Å²) in [6.45, 7) is 0.911. The first-order valence-electron chi connectivity index (χ1n) is 7.15. The number of anilines is 1. The lowest BCUT2D eigenvalue weighted by molar-refractivity contribution is -0.118. The van der Waals surface area contributed by atoms with E-state index in [0.717, 1.165) is 19.2 Å². The number of rotatable bonds is 3. The van der Waals surface area contributed by atoms with Gasteiger partial charge in [-0.1, -0.05) is 6.42 Å². The summed E-state index contributed by atoms with van der Waals surface area (Å²) in [6, 6.07) is 2.83. The smallest absolute Gasteiger partial charge is 0.241 e. The van der Waals surface area contributed by atoms with Gasteiger partial charge in [-0.25, -0.2) is 13.4 Å². The number of nitrogens with zero attached hydrogens (tertiary/aromatic N) is 1. The Morgan fingerprint density at radius 3 is 2.86 bits per heavy atom. The molecule has 1 aromatic rings. The minimum Gasteiger partial charge on any atom is -0.323 e. The van der Waals surface area contributed by atoms with Crippen molar-refractivity contribution in [2.75, 3.05) is 18.1 Å². The van der Waals surface area contributed by atoms with Crippen LogP contribution in [-0.2, 0) is 14.6 Å². The van der Waals surface area contributed by atoms with Gasteiger partial charge >= 0.3 is 0 Å². The quantitative estimate of drug-likeness (QED) is 0.863. The van der Waals surface area contributed by atoms with Crippen molar-refractivity contribution in [3.8, 4) is 0 Å².